The van der Waals surface area contributed by atoms with Crippen molar-refractivity contribution in [3.63, 3.8) is 0 Å². The van der Waals surface area contributed by atoms with Crippen LogP contribution in [0.2, 0.25) is 0 Å². The molecule has 1 N–H and O–H groups in total. The third-order valence-electron chi connectivity index (χ3n) is 4.89. The number of carbonyl (C=O) groups excluding carboxylic acids is 1. The van der Waals surface area contributed by atoms with Gasteiger partial charge in [-0.15, -0.1) is 0 Å². The molecule has 0 spiro atoms. The smallest absolute Gasteiger partial charge is 0.356 e. The topological polar surface area (TPSA) is 88.8 Å². The monoisotopic (exact) mass is 417 g/mol. The first-order chi connectivity index (χ1) is 14.4. The minimum Gasteiger partial charge on any atom is -0.356 e. The summed E-state index contributed by atoms with van der Waals surface area (Å²) in [5.41, 5.74) is -0.331. The molecule has 1 aliphatic rings. The van der Waals surface area contributed by atoms with Crippen LogP contribution in [0.25, 0.3) is 5.82 Å². The van der Waals surface area contributed by atoms with Crippen molar-refractivity contribution in [2.75, 3.05) is 18.0 Å². The second kappa shape index (κ2) is 8.09. The molecule has 0 radical (unpaired) electrons. The molecule has 1 amide bonds. The van der Waals surface area contributed by atoms with Gasteiger partial charge in [0.05, 0.1) is 11.1 Å². The van der Waals surface area contributed by atoms with Gasteiger partial charge in [-0.05, 0) is 37.1 Å². The maximum absolute atomic E-state index is 12.7. The van der Waals surface area contributed by atoms with Gasteiger partial charge < -0.3 is 10.2 Å². The van der Waals surface area contributed by atoms with Crippen LogP contribution in [0.15, 0.2) is 49.3 Å². The highest BCUT2D eigenvalue weighted by Gasteiger charge is 2.31. The number of hydrogen-bond donors (Lipinski definition) is 1. The highest BCUT2D eigenvalue weighted by atomic mass is 19.4. The van der Waals surface area contributed by atoms with E-state index in [-0.39, 0.29) is 11.9 Å². The Morgan fingerprint density at radius 1 is 1.03 bits per heavy atom. The lowest BCUT2D eigenvalue weighted by Gasteiger charge is -2.33. The molecule has 3 aromatic rings. The summed E-state index contributed by atoms with van der Waals surface area (Å²) >= 11 is 0. The zero-order valence-electron chi connectivity index (χ0n) is 15.8. The van der Waals surface area contributed by atoms with Crippen molar-refractivity contribution in [2.45, 2.75) is 25.1 Å². The van der Waals surface area contributed by atoms with Gasteiger partial charge >= 0.3 is 6.18 Å². The average molecular weight is 417 g/mol. The zero-order chi connectivity index (χ0) is 21.1. The molecule has 8 nitrogen and oxygen atoms in total. The Kier molecular flexibility index (Phi) is 5.34. The number of nitrogens with one attached hydrogen (secondary N) is 1. The van der Waals surface area contributed by atoms with Crippen molar-refractivity contribution in [3.8, 4) is 5.82 Å². The van der Waals surface area contributed by atoms with Gasteiger partial charge in [-0.2, -0.15) is 18.3 Å². The number of anilines is 1. The van der Waals surface area contributed by atoms with Crippen molar-refractivity contribution in [2.24, 2.45) is 0 Å². The van der Waals surface area contributed by atoms with Gasteiger partial charge in [-0.3, -0.25) is 4.79 Å². The van der Waals surface area contributed by atoms with Crippen molar-refractivity contribution in [3.05, 3.63) is 60.4 Å². The standard InChI is InChI=1S/C19H18F3N7O/c20-19(21,22)14-2-4-16(25-10-14)28-7-5-15(6-8-28)27-18(30)13-1-3-17(24-9-13)29-12-23-11-26-29/h1-4,9-12,15H,5-8H2,(H,27,30). The van der Waals surface area contributed by atoms with Crippen LogP contribution >= 0.6 is 0 Å². The van der Waals surface area contributed by atoms with E-state index in [1.54, 1.807) is 12.1 Å². The Morgan fingerprint density at radius 3 is 2.33 bits per heavy atom. The van der Waals surface area contributed by atoms with Crippen LogP contribution in [-0.4, -0.2) is 49.8 Å². The number of halogens is 3. The second-order valence-corrected chi connectivity index (χ2v) is 6.88. The van der Waals surface area contributed by atoms with Gasteiger partial charge in [0.2, 0.25) is 0 Å². The molecule has 1 saturated heterocycles. The van der Waals surface area contributed by atoms with Gasteiger partial charge in [0.1, 0.15) is 18.5 Å². The van der Waals surface area contributed by atoms with Crippen LogP contribution in [-0.2, 0) is 6.18 Å². The van der Waals surface area contributed by atoms with Gasteiger partial charge in [-0.1, -0.05) is 0 Å². The fraction of sp³-hybridized carbons (Fsp3) is 0.316. The van der Waals surface area contributed by atoms with E-state index in [2.05, 4.69) is 25.4 Å². The fourth-order valence-corrected chi connectivity index (χ4v) is 3.24. The summed E-state index contributed by atoms with van der Waals surface area (Å²) in [6.45, 7) is 1.18. The normalized spacial score (nSPS) is 15.2. The molecule has 30 heavy (non-hydrogen) atoms. The zero-order valence-corrected chi connectivity index (χ0v) is 15.8. The number of pyridine rings is 2. The maximum Gasteiger partial charge on any atom is 0.417 e. The predicted octanol–water partition coefficient (Wildman–Crippen LogP) is 2.47. The largest absolute Gasteiger partial charge is 0.417 e. The Labute approximate surface area is 169 Å². The van der Waals surface area contributed by atoms with E-state index in [1.165, 1.54) is 29.6 Å². The highest BCUT2D eigenvalue weighted by molar-refractivity contribution is 5.94. The molecule has 1 aliphatic heterocycles. The molecular weight excluding hydrogens is 399 g/mol. The van der Waals surface area contributed by atoms with Crippen LogP contribution in [0, 0.1) is 0 Å². The third-order valence-corrected chi connectivity index (χ3v) is 4.89. The molecule has 4 rings (SSSR count). The first-order valence-electron chi connectivity index (χ1n) is 9.30. The molecule has 0 bridgehead atoms. The molecule has 0 aliphatic carbocycles. The minimum absolute atomic E-state index is 0.0295. The van der Waals surface area contributed by atoms with Gasteiger partial charge in [0, 0.05) is 31.5 Å². The Bertz CT molecular complexity index is 980. The Balaban J connectivity index is 1.30. The van der Waals surface area contributed by atoms with Crippen molar-refractivity contribution in [1.82, 2.24) is 30.0 Å². The van der Waals surface area contributed by atoms with Gasteiger partial charge in [-0.25, -0.2) is 19.6 Å². The highest BCUT2D eigenvalue weighted by Crippen LogP contribution is 2.29. The van der Waals surface area contributed by atoms with Crippen LogP contribution < -0.4 is 10.2 Å². The number of carbonyl (C=O) groups is 1. The Hall–Kier alpha value is -3.50. The lowest BCUT2D eigenvalue weighted by Crippen LogP contribution is -2.45. The molecule has 0 aromatic carbocycles. The molecule has 0 atom stereocenters. The quantitative estimate of drug-likeness (QED) is 0.702. The SMILES string of the molecule is O=C(NC1CCN(c2ccc(C(F)(F)F)cn2)CC1)c1ccc(-n2cncn2)nc1. The number of aromatic nitrogens is 5. The lowest BCUT2D eigenvalue weighted by atomic mass is 10.0. The van der Waals surface area contributed by atoms with Gasteiger partial charge in [0.25, 0.3) is 5.91 Å². The fourth-order valence-electron chi connectivity index (χ4n) is 3.24. The number of nitrogens with zero attached hydrogens (tertiary/aromatic N) is 6. The van der Waals surface area contributed by atoms with Gasteiger partial charge in [0.15, 0.2) is 5.82 Å². The number of rotatable bonds is 4. The summed E-state index contributed by atoms with van der Waals surface area (Å²) < 4.78 is 39.5. The van der Waals surface area contributed by atoms with Crippen molar-refractivity contribution >= 4 is 11.7 Å². The summed E-state index contributed by atoms with van der Waals surface area (Å²) in [5, 5.41) is 6.96. The number of hydrogen-bond acceptors (Lipinski definition) is 6. The molecule has 0 saturated carbocycles. The average Bonchev–Trinajstić information content (AvgIpc) is 3.29. The van der Waals surface area contributed by atoms with Crippen molar-refractivity contribution in [1.29, 1.82) is 0 Å². The number of piperidine rings is 1. The Morgan fingerprint density at radius 2 is 1.77 bits per heavy atom. The molecular formula is C19H18F3N7O. The predicted molar refractivity (Wildman–Crippen MR) is 101 cm³/mol. The van der Waals surface area contributed by atoms with E-state index in [0.717, 1.165) is 12.3 Å². The summed E-state index contributed by atoms with van der Waals surface area (Å²) in [5.74, 6) is 0.834. The van der Waals surface area contributed by atoms with Crippen LogP contribution in [0.3, 0.4) is 0 Å². The summed E-state index contributed by atoms with van der Waals surface area (Å²) in [6.07, 6.45) is 2.17. The van der Waals surface area contributed by atoms with Crippen molar-refractivity contribution < 1.29 is 18.0 Å². The second-order valence-electron chi connectivity index (χ2n) is 6.88. The van der Waals surface area contributed by atoms with E-state index in [9.17, 15) is 18.0 Å². The first-order valence-corrected chi connectivity index (χ1v) is 9.30. The molecule has 1 fully saturated rings. The van der Waals surface area contributed by atoms with Crippen LogP contribution in [0.1, 0.15) is 28.8 Å². The van der Waals surface area contributed by atoms with E-state index in [4.69, 9.17) is 0 Å². The molecule has 156 valence electrons. The van der Waals surface area contributed by atoms with Crippen LogP contribution in [0.4, 0.5) is 19.0 Å². The molecule has 0 unspecified atom stereocenters. The summed E-state index contributed by atoms with van der Waals surface area (Å²) in [7, 11) is 0. The van der Waals surface area contributed by atoms with E-state index in [0.29, 0.717) is 43.1 Å². The third kappa shape index (κ3) is 4.39. The first kappa shape index (κ1) is 19.8. The summed E-state index contributed by atoms with van der Waals surface area (Å²) in [4.78, 5) is 26.4. The minimum atomic E-state index is -4.40. The lowest BCUT2D eigenvalue weighted by molar-refractivity contribution is -0.137. The maximum atomic E-state index is 12.7. The summed E-state index contributed by atoms with van der Waals surface area (Å²) in [6, 6.07) is 5.73. The van der Waals surface area contributed by atoms with E-state index >= 15 is 0 Å². The molecule has 11 heteroatoms. The molecule has 4 heterocycles. The number of alkyl halides is 3. The molecule has 3 aromatic heterocycles. The number of amides is 1. The van der Waals surface area contributed by atoms with E-state index < -0.39 is 11.7 Å². The van der Waals surface area contributed by atoms with E-state index in [1.807, 2.05) is 4.90 Å². The van der Waals surface area contributed by atoms with Crippen LogP contribution in [0.5, 0.6) is 0 Å².